The van der Waals surface area contributed by atoms with Gasteiger partial charge < -0.3 is 9.64 Å². The van der Waals surface area contributed by atoms with Gasteiger partial charge in [-0.3, -0.25) is 4.98 Å². The molecule has 1 aliphatic heterocycles. The number of ether oxygens (including phenoxy) is 1. The summed E-state index contributed by atoms with van der Waals surface area (Å²) in [6.45, 7) is 9.37. The number of pyridine rings is 1. The summed E-state index contributed by atoms with van der Waals surface area (Å²) in [5.74, 6) is 0.517. The highest BCUT2D eigenvalue weighted by atomic mass is 16.6. The van der Waals surface area contributed by atoms with Crippen molar-refractivity contribution in [3.05, 3.63) is 29.6 Å². The van der Waals surface area contributed by atoms with Gasteiger partial charge >= 0.3 is 6.09 Å². The maximum atomic E-state index is 12.0. The van der Waals surface area contributed by atoms with Gasteiger partial charge in [0.15, 0.2) is 0 Å². The minimum absolute atomic E-state index is 0.188. The molecule has 0 aliphatic carbocycles. The fourth-order valence-corrected chi connectivity index (χ4v) is 2.53. The number of aryl methyl sites for hydroxylation is 1. The second-order valence-corrected chi connectivity index (χ2v) is 6.59. The molecule has 1 aromatic rings. The first kappa shape index (κ1) is 14.8. The van der Waals surface area contributed by atoms with E-state index in [1.807, 2.05) is 38.1 Å². The SMILES string of the molecule is Cc1cnccc1CC1CCN(C(=O)OC(C)(C)C)C1. The van der Waals surface area contributed by atoms with Gasteiger partial charge in [-0.15, -0.1) is 0 Å². The molecule has 2 heterocycles. The Morgan fingerprint density at radius 2 is 2.25 bits per heavy atom. The summed E-state index contributed by atoms with van der Waals surface area (Å²) < 4.78 is 5.42. The zero-order valence-electron chi connectivity index (χ0n) is 12.8. The van der Waals surface area contributed by atoms with Gasteiger partial charge in [-0.05, 0) is 63.6 Å². The van der Waals surface area contributed by atoms with Crippen molar-refractivity contribution in [3.8, 4) is 0 Å². The van der Waals surface area contributed by atoms with Crippen LogP contribution in [0.15, 0.2) is 18.5 Å². The highest BCUT2D eigenvalue weighted by Gasteiger charge is 2.29. The number of nitrogens with zero attached hydrogens (tertiary/aromatic N) is 2. The third kappa shape index (κ3) is 3.95. The van der Waals surface area contributed by atoms with E-state index in [2.05, 4.69) is 18.0 Å². The molecule has 4 nitrogen and oxygen atoms in total. The Balaban J connectivity index is 1.90. The van der Waals surface area contributed by atoms with Crippen molar-refractivity contribution in [2.75, 3.05) is 13.1 Å². The molecule has 1 unspecified atom stereocenters. The number of rotatable bonds is 2. The summed E-state index contributed by atoms with van der Waals surface area (Å²) in [6.07, 6.45) is 5.60. The van der Waals surface area contributed by atoms with Crippen LogP contribution in [0.2, 0.25) is 0 Å². The van der Waals surface area contributed by atoms with Gasteiger partial charge in [-0.1, -0.05) is 0 Å². The smallest absolute Gasteiger partial charge is 0.410 e. The van der Waals surface area contributed by atoms with Gasteiger partial charge in [0.2, 0.25) is 0 Å². The number of carbonyl (C=O) groups excluding carboxylic acids is 1. The summed E-state index contributed by atoms with van der Waals surface area (Å²) in [7, 11) is 0. The van der Waals surface area contributed by atoms with Crippen molar-refractivity contribution in [2.24, 2.45) is 5.92 Å². The predicted octanol–water partition coefficient (Wildman–Crippen LogP) is 3.19. The van der Waals surface area contributed by atoms with E-state index in [0.29, 0.717) is 5.92 Å². The standard InChI is InChI=1S/C16H24N2O2/c1-12-10-17-7-5-14(12)9-13-6-8-18(11-13)15(19)20-16(2,3)4/h5,7,10,13H,6,8-9,11H2,1-4H3. The largest absolute Gasteiger partial charge is 0.444 e. The molecule has 20 heavy (non-hydrogen) atoms. The van der Waals surface area contributed by atoms with Crippen LogP contribution in [0.25, 0.3) is 0 Å². The highest BCUT2D eigenvalue weighted by Crippen LogP contribution is 2.23. The zero-order valence-corrected chi connectivity index (χ0v) is 12.8. The lowest BCUT2D eigenvalue weighted by molar-refractivity contribution is 0.0288. The Kier molecular flexibility index (Phi) is 4.31. The number of carbonyl (C=O) groups is 1. The van der Waals surface area contributed by atoms with E-state index in [-0.39, 0.29) is 6.09 Å². The molecule has 0 bridgehead atoms. The summed E-state index contributed by atoms with van der Waals surface area (Å²) in [6, 6.07) is 2.07. The molecular formula is C16H24N2O2. The lowest BCUT2D eigenvalue weighted by atomic mass is 9.97. The maximum Gasteiger partial charge on any atom is 0.410 e. The normalized spacial score (nSPS) is 19.2. The van der Waals surface area contributed by atoms with Crippen LogP contribution in [0.5, 0.6) is 0 Å². The van der Waals surface area contributed by atoms with Crippen molar-refractivity contribution >= 4 is 6.09 Å². The zero-order chi connectivity index (χ0) is 14.8. The molecule has 0 radical (unpaired) electrons. The van der Waals surface area contributed by atoms with Crippen molar-refractivity contribution in [2.45, 2.75) is 46.1 Å². The summed E-state index contributed by atoms with van der Waals surface area (Å²) in [5, 5.41) is 0. The molecular weight excluding hydrogens is 252 g/mol. The first-order valence-electron chi connectivity index (χ1n) is 7.22. The summed E-state index contributed by atoms with van der Waals surface area (Å²) >= 11 is 0. The molecule has 1 saturated heterocycles. The van der Waals surface area contributed by atoms with E-state index in [0.717, 1.165) is 25.9 Å². The Labute approximate surface area is 121 Å². The number of hydrogen-bond donors (Lipinski definition) is 0. The van der Waals surface area contributed by atoms with E-state index in [1.165, 1.54) is 11.1 Å². The lowest BCUT2D eigenvalue weighted by Gasteiger charge is -2.24. The first-order chi connectivity index (χ1) is 9.35. The average Bonchev–Trinajstić information content (AvgIpc) is 2.79. The lowest BCUT2D eigenvalue weighted by Crippen LogP contribution is -2.35. The van der Waals surface area contributed by atoms with E-state index in [1.54, 1.807) is 0 Å². The molecule has 0 N–H and O–H groups in total. The minimum Gasteiger partial charge on any atom is -0.444 e. The van der Waals surface area contributed by atoms with Gasteiger partial charge in [0.05, 0.1) is 0 Å². The van der Waals surface area contributed by atoms with Crippen LogP contribution in [0.3, 0.4) is 0 Å². The van der Waals surface area contributed by atoms with Crippen molar-refractivity contribution in [1.82, 2.24) is 9.88 Å². The van der Waals surface area contributed by atoms with Crippen LogP contribution >= 0.6 is 0 Å². The topological polar surface area (TPSA) is 42.4 Å². The second-order valence-electron chi connectivity index (χ2n) is 6.59. The quantitative estimate of drug-likeness (QED) is 0.833. The van der Waals surface area contributed by atoms with Crippen LogP contribution in [0.1, 0.15) is 38.3 Å². The second kappa shape index (κ2) is 5.81. The number of likely N-dealkylation sites (tertiary alicyclic amines) is 1. The summed E-state index contributed by atoms with van der Waals surface area (Å²) in [5.41, 5.74) is 2.14. The Morgan fingerprint density at radius 3 is 2.90 bits per heavy atom. The van der Waals surface area contributed by atoms with Crippen molar-refractivity contribution in [1.29, 1.82) is 0 Å². The third-order valence-corrected chi connectivity index (χ3v) is 3.58. The van der Waals surface area contributed by atoms with Gasteiger partial charge in [-0.2, -0.15) is 0 Å². The fraction of sp³-hybridized carbons (Fsp3) is 0.625. The third-order valence-electron chi connectivity index (χ3n) is 3.58. The molecule has 1 aliphatic rings. The molecule has 110 valence electrons. The predicted molar refractivity (Wildman–Crippen MR) is 78.6 cm³/mol. The Morgan fingerprint density at radius 1 is 1.50 bits per heavy atom. The number of aromatic nitrogens is 1. The molecule has 4 heteroatoms. The molecule has 1 atom stereocenters. The van der Waals surface area contributed by atoms with Crippen molar-refractivity contribution < 1.29 is 9.53 Å². The van der Waals surface area contributed by atoms with E-state index in [9.17, 15) is 4.79 Å². The maximum absolute atomic E-state index is 12.0. The van der Waals surface area contributed by atoms with E-state index >= 15 is 0 Å². The first-order valence-corrected chi connectivity index (χ1v) is 7.22. The number of hydrogen-bond acceptors (Lipinski definition) is 3. The Bertz CT molecular complexity index is 480. The molecule has 1 aromatic heterocycles. The van der Waals surface area contributed by atoms with Crippen LogP contribution in [-0.4, -0.2) is 34.7 Å². The average molecular weight is 276 g/mol. The van der Waals surface area contributed by atoms with Crippen LogP contribution in [0, 0.1) is 12.8 Å². The Hall–Kier alpha value is -1.58. The van der Waals surface area contributed by atoms with Gasteiger partial charge in [0.25, 0.3) is 0 Å². The van der Waals surface area contributed by atoms with Crippen LogP contribution in [-0.2, 0) is 11.2 Å². The monoisotopic (exact) mass is 276 g/mol. The fourth-order valence-electron chi connectivity index (χ4n) is 2.53. The summed E-state index contributed by atoms with van der Waals surface area (Å²) in [4.78, 5) is 18.0. The van der Waals surface area contributed by atoms with Gasteiger partial charge in [0, 0.05) is 25.5 Å². The molecule has 1 amide bonds. The highest BCUT2D eigenvalue weighted by molar-refractivity contribution is 5.68. The minimum atomic E-state index is -0.420. The van der Waals surface area contributed by atoms with E-state index in [4.69, 9.17) is 4.74 Å². The van der Waals surface area contributed by atoms with Crippen molar-refractivity contribution in [3.63, 3.8) is 0 Å². The van der Waals surface area contributed by atoms with Gasteiger partial charge in [-0.25, -0.2) is 4.79 Å². The molecule has 0 saturated carbocycles. The van der Waals surface area contributed by atoms with Crippen LogP contribution < -0.4 is 0 Å². The van der Waals surface area contributed by atoms with Crippen LogP contribution in [0.4, 0.5) is 4.79 Å². The number of amides is 1. The van der Waals surface area contributed by atoms with Gasteiger partial charge in [0.1, 0.15) is 5.60 Å². The molecule has 2 rings (SSSR count). The molecule has 1 fully saturated rings. The molecule has 0 aromatic carbocycles. The molecule has 0 spiro atoms. The van der Waals surface area contributed by atoms with E-state index < -0.39 is 5.60 Å².